The van der Waals surface area contributed by atoms with Gasteiger partial charge >= 0.3 is 0 Å². The maximum absolute atomic E-state index is 12.8. The van der Waals surface area contributed by atoms with Crippen LogP contribution in [0.5, 0.6) is 17.2 Å². The van der Waals surface area contributed by atoms with Crippen molar-refractivity contribution in [2.75, 3.05) is 53.2 Å². The van der Waals surface area contributed by atoms with Crippen LogP contribution in [0.25, 0.3) is 0 Å². The van der Waals surface area contributed by atoms with Gasteiger partial charge in [-0.1, -0.05) is 48.5 Å². The predicted octanol–water partition coefficient (Wildman–Crippen LogP) is 3.46. The highest BCUT2D eigenvalue weighted by molar-refractivity contribution is 5.81. The highest BCUT2D eigenvalue weighted by Gasteiger charge is 2.40. The van der Waals surface area contributed by atoms with Gasteiger partial charge in [0.25, 0.3) is 0 Å². The topological polar surface area (TPSA) is 142 Å². The number of carbonyl (C=O) groups excluding carboxylic acids is 2. The zero-order valence-corrected chi connectivity index (χ0v) is 28.1. The maximum Gasteiger partial charge on any atom is 0.239 e. The summed E-state index contributed by atoms with van der Waals surface area (Å²) in [4.78, 5) is 25.6. The van der Waals surface area contributed by atoms with Gasteiger partial charge in [-0.3, -0.25) is 9.59 Å². The van der Waals surface area contributed by atoms with Crippen LogP contribution in [-0.4, -0.2) is 93.2 Å². The summed E-state index contributed by atoms with van der Waals surface area (Å²) in [5, 5.41) is 14.1. The SMILES string of the molecule is COc1ccccc1COCCCOc1ccc([C@H]2[C@H](O)CN(C(=O)C(C)N)C[C@@H]2OCCOc2ccccc2CCNC(C)=O)cc1. The summed E-state index contributed by atoms with van der Waals surface area (Å²) in [5.74, 6) is 1.56. The summed E-state index contributed by atoms with van der Waals surface area (Å²) in [6.45, 7) is 6.13. The number of amides is 2. The summed E-state index contributed by atoms with van der Waals surface area (Å²) in [6.07, 6.45) is 0.0230. The number of aliphatic hydroxyl groups is 1. The summed E-state index contributed by atoms with van der Waals surface area (Å²) in [7, 11) is 1.65. The molecule has 48 heavy (non-hydrogen) atoms. The number of benzene rings is 3. The molecule has 0 saturated carbocycles. The van der Waals surface area contributed by atoms with Crippen molar-refractivity contribution < 1.29 is 38.4 Å². The van der Waals surface area contributed by atoms with Crippen molar-refractivity contribution in [3.05, 3.63) is 89.5 Å². The van der Waals surface area contributed by atoms with Crippen LogP contribution >= 0.6 is 0 Å². The normalized spacial score (nSPS) is 18.2. The molecule has 1 aliphatic heterocycles. The lowest BCUT2D eigenvalue weighted by Crippen LogP contribution is -2.56. The predicted molar refractivity (Wildman–Crippen MR) is 182 cm³/mol. The molecule has 3 aromatic rings. The average Bonchev–Trinajstić information content (AvgIpc) is 3.08. The number of carbonyl (C=O) groups is 2. The highest BCUT2D eigenvalue weighted by Crippen LogP contribution is 2.32. The maximum atomic E-state index is 12.8. The summed E-state index contributed by atoms with van der Waals surface area (Å²) < 4.78 is 29.5. The second-order valence-electron chi connectivity index (χ2n) is 11.9. The van der Waals surface area contributed by atoms with Gasteiger partial charge < -0.3 is 44.7 Å². The van der Waals surface area contributed by atoms with E-state index in [-0.39, 0.29) is 37.5 Å². The second kappa shape index (κ2) is 19.0. The van der Waals surface area contributed by atoms with Crippen LogP contribution in [-0.2, 0) is 32.1 Å². The number of hydrogen-bond donors (Lipinski definition) is 3. The molecule has 11 heteroatoms. The van der Waals surface area contributed by atoms with E-state index in [1.165, 1.54) is 6.92 Å². The molecule has 0 aromatic heterocycles. The largest absolute Gasteiger partial charge is 0.496 e. The molecular weight excluding hydrogens is 614 g/mol. The molecule has 0 bridgehead atoms. The van der Waals surface area contributed by atoms with Crippen molar-refractivity contribution in [1.82, 2.24) is 10.2 Å². The molecule has 0 spiro atoms. The van der Waals surface area contributed by atoms with Gasteiger partial charge in [0.1, 0.15) is 23.9 Å². The number of nitrogens with two attached hydrogens (primary N) is 1. The summed E-state index contributed by atoms with van der Waals surface area (Å²) in [5.41, 5.74) is 8.76. The molecule has 11 nitrogen and oxygen atoms in total. The van der Waals surface area contributed by atoms with E-state index in [1.807, 2.05) is 72.8 Å². The van der Waals surface area contributed by atoms with Crippen LogP contribution < -0.4 is 25.3 Å². The molecule has 1 aliphatic rings. The third kappa shape index (κ3) is 10.9. The van der Waals surface area contributed by atoms with Crippen molar-refractivity contribution in [1.29, 1.82) is 0 Å². The number of piperidine rings is 1. The monoisotopic (exact) mass is 663 g/mol. The van der Waals surface area contributed by atoms with E-state index in [0.717, 1.165) is 34.6 Å². The molecule has 4 rings (SSSR count). The van der Waals surface area contributed by atoms with E-state index in [4.69, 9.17) is 29.4 Å². The van der Waals surface area contributed by atoms with Crippen molar-refractivity contribution in [2.24, 2.45) is 5.73 Å². The van der Waals surface area contributed by atoms with E-state index in [0.29, 0.717) is 45.1 Å². The molecule has 0 aliphatic carbocycles. The van der Waals surface area contributed by atoms with Gasteiger partial charge in [-0.2, -0.15) is 0 Å². The lowest BCUT2D eigenvalue weighted by atomic mass is 9.84. The zero-order valence-electron chi connectivity index (χ0n) is 28.1. The van der Waals surface area contributed by atoms with E-state index < -0.39 is 18.2 Å². The van der Waals surface area contributed by atoms with Crippen molar-refractivity contribution >= 4 is 11.8 Å². The summed E-state index contributed by atoms with van der Waals surface area (Å²) >= 11 is 0. The first-order valence-corrected chi connectivity index (χ1v) is 16.5. The molecule has 1 heterocycles. The number of nitrogens with zero attached hydrogens (tertiary/aromatic N) is 1. The van der Waals surface area contributed by atoms with Crippen LogP contribution in [0, 0.1) is 0 Å². The number of likely N-dealkylation sites (tertiary alicyclic amines) is 1. The Bertz CT molecular complexity index is 1430. The smallest absolute Gasteiger partial charge is 0.239 e. The Labute approximate surface area is 283 Å². The summed E-state index contributed by atoms with van der Waals surface area (Å²) in [6, 6.07) is 22.4. The lowest BCUT2D eigenvalue weighted by molar-refractivity contribution is -0.142. The molecule has 4 N–H and O–H groups in total. The van der Waals surface area contributed by atoms with Crippen molar-refractivity contribution in [3.8, 4) is 17.2 Å². The van der Waals surface area contributed by atoms with Gasteiger partial charge in [0, 0.05) is 44.5 Å². The fraction of sp³-hybridized carbons (Fsp3) is 0.459. The molecule has 2 amide bonds. The molecule has 4 atom stereocenters. The molecular formula is C37H49N3O8. The van der Waals surface area contributed by atoms with Gasteiger partial charge in [-0.05, 0) is 48.7 Å². The van der Waals surface area contributed by atoms with Gasteiger partial charge in [0.05, 0.1) is 51.8 Å². The Morgan fingerprint density at radius 2 is 1.62 bits per heavy atom. The van der Waals surface area contributed by atoms with Crippen LogP contribution in [0.15, 0.2) is 72.8 Å². The number of β-amino-alcohol motifs (C(OH)–C–C–N with tert-alkyl or cyclic N) is 1. The standard InChI is InChI=1S/C37H49N3O8/c1-26(38)37(43)40-23-32(42)36(35(24-40)48-22-21-47-34-12-7-4-9-28(34)17-18-39-27(2)41)29-13-15-31(16-14-29)46-20-8-19-45-25-30-10-5-6-11-33(30)44-3/h4-7,9-16,26,32,35-36,42H,8,17-25,38H2,1-3H3,(H,39,41)/t26?,32-,35+,36+/m1/s1. The lowest BCUT2D eigenvalue weighted by Gasteiger charge is -2.42. The average molecular weight is 664 g/mol. The Hall–Kier alpha value is -4.16. The van der Waals surface area contributed by atoms with E-state index in [1.54, 1.807) is 18.9 Å². The Morgan fingerprint density at radius 3 is 2.33 bits per heavy atom. The van der Waals surface area contributed by atoms with Gasteiger partial charge in [0.15, 0.2) is 0 Å². The number of nitrogens with one attached hydrogen (secondary N) is 1. The van der Waals surface area contributed by atoms with Gasteiger partial charge in [0.2, 0.25) is 11.8 Å². The third-order valence-corrected chi connectivity index (χ3v) is 8.15. The molecule has 1 unspecified atom stereocenters. The molecule has 260 valence electrons. The van der Waals surface area contributed by atoms with E-state index in [2.05, 4.69) is 5.32 Å². The fourth-order valence-corrected chi connectivity index (χ4v) is 5.77. The quantitative estimate of drug-likeness (QED) is 0.175. The van der Waals surface area contributed by atoms with E-state index in [9.17, 15) is 14.7 Å². The minimum Gasteiger partial charge on any atom is -0.496 e. The molecule has 1 saturated heterocycles. The second-order valence-corrected chi connectivity index (χ2v) is 11.9. The Kier molecular flexibility index (Phi) is 14.5. The number of aliphatic hydroxyl groups excluding tert-OH is 1. The highest BCUT2D eigenvalue weighted by atomic mass is 16.5. The van der Waals surface area contributed by atoms with Crippen molar-refractivity contribution in [2.45, 2.75) is 57.5 Å². The van der Waals surface area contributed by atoms with Crippen LogP contribution in [0.3, 0.4) is 0 Å². The first kappa shape index (κ1) is 36.7. The van der Waals surface area contributed by atoms with E-state index >= 15 is 0 Å². The molecule has 3 aromatic carbocycles. The van der Waals surface area contributed by atoms with Crippen molar-refractivity contribution in [3.63, 3.8) is 0 Å². The third-order valence-electron chi connectivity index (χ3n) is 8.15. The van der Waals surface area contributed by atoms with Crippen LogP contribution in [0.1, 0.15) is 42.9 Å². The fourth-order valence-electron chi connectivity index (χ4n) is 5.77. The Morgan fingerprint density at radius 1 is 0.917 bits per heavy atom. The number of hydrogen-bond acceptors (Lipinski definition) is 9. The number of para-hydroxylation sites is 2. The van der Waals surface area contributed by atoms with Gasteiger partial charge in [-0.25, -0.2) is 0 Å². The Balaban J connectivity index is 1.30. The van der Waals surface area contributed by atoms with Crippen LogP contribution in [0.4, 0.5) is 0 Å². The number of methoxy groups -OCH3 is 1. The minimum absolute atomic E-state index is 0.0769. The molecule has 1 fully saturated rings. The molecule has 0 radical (unpaired) electrons. The number of rotatable bonds is 18. The minimum atomic E-state index is -0.853. The number of ether oxygens (including phenoxy) is 5. The van der Waals surface area contributed by atoms with Gasteiger partial charge in [-0.15, -0.1) is 0 Å². The first-order valence-electron chi connectivity index (χ1n) is 16.5. The van der Waals surface area contributed by atoms with Crippen LogP contribution in [0.2, 0.25) is 0 Å². The zero-order chi connectivity index (χ0) is 34.3. The first-order chi connectivity index (χ1) is 23.3.